The third-order valence-electron chi connectivity index (χ3n) is 4.09. The molecule has 0 radical (unpaired) electrons. The fourth-order valence-corrected chi connectivity index (χ4v) is 2.84. The second-order valence-electron chi connectivity index (χ2n) is 5.87. The van der Waals surface area contributed by atoms with Crippen LogP contribution < -0.4 is 5.32 Å². The molecule has 2 aromatic carbocycles. The zero-order chi connectivity index (χ0) is 20.0. The lowest BCUT2D eigenvalue weighted by atomic mass is 9.75. The number of amides is 1. The van der Waals surface area contributed by atoms with E-state index in [4.69, 9.17) is 0 Å². The van der Waals surface area contributed by atoms with Crippen LogP contribution >= 0.6 is 0 Å². The molecule has 2 rings (SSSR count). The molecule has 5 nitrogen and oxygen atoms in total. The van der Waals surface area contributed by atoms with Crippen molar-refractivity contribution in [3.63, 3.8) is 0 Å². The third kappa shape index (κ3) is 4.53. The van der Waals surface area contributed by atoms with E-state index in [0.717, 1.165) is 25.1 Å². The van der Waals surface area contributed by atoms with Gasteiger partial charge in [-0.1, -0.05) is 18.2 Å². The lowest BCUT2D eigenvalue weighted by molar-refractivity contribution is -0.131. The molecule has 0 aromatic heterocycles. The average molecular weight is 367 g/mol. The fourth-order valence-electron chi connectivity index (χ4n) is 2.84. The molecule has 2 atom stereocenters. The fraction of sp³-hybridized carbons (Fsp3) is 0.200. The van der Waals surface area contributed by atoms with E-state index >= 15 is 0 Å². The van der Waals surface area contributed by atoms with E-state index in [-0.39, 0.29) is 11.3 Å². The summed E-state index contributed by atoms with van der Waals surface area (Å²) in [7, 11) is 0. The van der Waals surface area contributed by atoms with Crippen LogP contribution in [0.25, 0.3) is 0 Å². The highest BCUT2D eigenvalue weighted by Gasteiger charge is 2.40. The monoisotopic (exact) mass is 367 g/mol. The zero-order valence-electron chi connectivity index (χ0n) is 14.3. The third-order valence-corrected chi connectivity index (χ3v) is 4.09. The van der Waals surface area contributed by atoms with Gasteiger partial charge in [0.2, 0.25) is 5.91 Å². The van der Waals surface area contributed by atoms with Gasteiger partial charge in [0.05, 0.1) is 12.1 Å². The first kappa shape index (κ1) is 19.7. The highest BCUT2D eigenvalue weighted by atomic mass is 19.1. The molecular weight excluding hydrogens is 352 g/mol. The Bertz CT molecular complexity index is 915. The van der Waals surface area contributed by atoms with Crippen molar-refractivity contribution >= 4 is 17.4 Å². The number of rotatable bonds is 6. The quantitative estimate of drug-likeness (QED) is 0.790. The molecule has 0 heterocycles. The number of halogens is 2. The van der Waals surface area contributed by atoms with E-state index in [1.807, 2.05) is 0 Å². The van der Waals surface area contributed by atoms with Gasteiger partial charge in [-0.05, 0) is 42.8 Å². The van der Waals surface area contributed by atoms with Crippen LogP contribution in [-0.2, 0) is 9.59 Å². The molecule has 0 spiro atoms. The van der Waals surface area contributed by atoms with Crippen LogP contribution in [0.15, 0.2) is 48.5 Å². The largest absolute Gasteiger partial charge is 0.325 e. The number of ketones is 1. The number of hydrogen-bond acceptors (Lipinski definition) is 4. The van der Waals surface area contributed by atoms with Crippen molar-refractivity contribution in [3.05, 3.63) is 65.7 Å². The van der Waals surface area contributed by atoms with Gasteiger partial charge >= 0.3 is 0 Å². The van der Waals surface area contributed by atoms with Crippen LogP contribution in [0.2, 0.25) is 0 Å². The van der Waals surface area contributed by atoms with Crippen molar-refractivity contribution in [3.8, 4) is 12.1 Å². The number of Topliss-reactive ketones (excluding diaryl/α,β-unsaturated/α-hetero) is 1. The Balaban J connectivity index is 2.48. The highest BCUT2D eigenvalue weighted by molar-refractivity contribution is 6.07. The van der Waals surface area contributed by atoms with Gasteiger partial charge in [0.15, 0.2) is 0 Å². The topological polar surface area (TPSA) is 93.8 Å². The standard InChI is InChI=1S/C20H15F2N3O2/c1-12(26)18(20(27)25-15-8-6-14(21)7-9-15)19(13(10-23)11-24)16-4-2-3-5-17(16)22/h2-9,13,18-19H,1H3,(H,25,27)/t18-,19+/m1/s1. The summed E-state index contributed by atoms with van der Waals surface area (Å²) in [5.41, 5.74) is 0.158. The van der Waals surface area contributed by atoms with Crippen molar-refractivity contribution < 1.29 is 18.4 Å². The van der Waals surface area contributed by atoms with Gasteiger partial charge in [0, 0.05) is 11.6 Å². The smallest absolute Gasteiger partial charge is 0.235 e. The van der Waals surface area contributed by atoms with Gasteiger partial charge in [-0.2, -0.15) is 10.5 Å². The van der Waals surface area contributed by atoms with Gasteiger partial charge in [-0.25, -0.2) is 8.78 Å². The van der Waals surface area contributed by atoms with E-state index in [1.165, 1.54) is 30.3 Å². The molecular formula is C20H15F2N3O2. The minimum atomic E-state index is -1.48. The Hall–Kier alpha value is -3.58. The molecule has 136 valence electrons. The molecule has 0 fully saturated rings. The minimum Gasteiger partial charge on any atom is -0.325 e. The minimum absolute atomic E-state index is 0.0694. The van der Waals surface area contributed by atoms with Crippen LogP contribution in [0.3, 0.4) is 0 Å². The summed E-state index contributed by atoms with van der Waals surface area (Å²) < 4.78 is 27.3. The van der Waals surface area contributed by atoms with E-state index in [9.17, 15) is 28.9 Å². The SMILES string of the molecule is CC(=O)[C@@H](C(=O)Nc1ccc(F)cc1)[C@H](c1ccccc1F)C(C#N)C#N. The number of carbonyl (C=O) groups excluding carboxylic acids is 2. The summed E-state index contributed by atoms with van der Waals surface area (Å²) in [6, 6.07) is 13.7. The van der Waals surface area contributed by atoms with E-state index in [0.29, 0.717) is 0 Å². The summed E-state index contributed by atoms with van der Waals surface area (Å²) in [4.78, 5) is 25.0. The zero-order valence-corrected chi connectivity index (χ0v) is 14.3. The summed E-state index contributed by atoms with van der Waals surface area (Å²) in [6.07, 6.45) is 0. The molecule has 1 amide bonds. The number of hydrogen-bond donors (Lipinski definition) is 1. The Morgan fingerprint density at radius 1 is 1.00 bits per heavy atom. The average Bonchev–Trinajstić information content (AvgIpc) is 2.64. The van der Waals surface area contributed by atoms with E-state index in [2.05, 4.69) is 5.32 Å². The Morgan fingerprint density at radius 3 is 2.11 bits per heavy atom. The molecule has 0 aliphatic carbocycles. The lowest BCUT2D eigenvalue weighted by Gasteiger charge is -2.26. The molecule has 27 heavy (non-hydrogen) atoms. The summed E-state index contributed by atoms with van der Waals surface area (Å²) in [5.74, 6) is -6.85. The predicted molar refractivity (Wildman–Crippen MR) is 93.1 cm³/mol. The maximum absolute atomic E-state index is 14.3. The van der Waals surface area contributed by atoms with Crippen LogP contribution in [0.4, 0.5) is 14.5 Å². The van der Waals surface area contributed by atoms with Crippen molar-refractivity contribution in [2.24, 2.45) is 11.8 Å². The van der Waals surface area contributed by atoms with Crippen molar-refractivity contribution in [2.75, 3.05) is 5.32 Å². The molecule has 0 bridgehead atoms. The second-order valence-corrected chi connectivity index (χ2v) is 5.87. The second kappa shape index (κ2) is 8.68. The summed E-state index contributed by atoms with van der Waals surface area (Å²) in [5, 5.41) is 21.1. The Morgan fingerprint density at radius 2 is 1.59 bits per heavy atom. The van der Waals surface area contributed by atoms with Crippen molar-refractivity contribution in [2.45, 2.75) is 12.8 Å². The predicted octanol–water partition coefficient (Wildman–Crippen LogP) is 3.56. The number of benzene rings is 2. The maximum atomic E-state index is 14.3. The Labute approximate surface area is 154 Å². The highest BCUT2D eigenvalue weighted by Crippen LogP contribution is 2.35. The molecule has 0 unspecified atom stereocenters. The number of anilines is 1. The van der Waals surface area contributed by atoms with Crippen LogP contribution in [0, 0.1) is 46.1 Å². The molecule has 2 aromatic rings. The first-order valence-electron chi connectivity index (χ1n) is 7.99. The lowest BCUT2D eigenvalue weighted by Crippen LogP contribution is -2.36. The van der Waals surface area contributed by atoms with Crippen LogP contribution in [0.5, 0.6) is 0 Å². The van der Waals surface area contributed by atoms with Crippen molar-refractivity contribution in [1.29, 1.82) is 10.5 Å². The molecule has 0 aliphatic heterocycles. The van der Waals surface area contributed by atoms with E-state index in [1.54, 1.807) is 12.1 Å². The van der Waals surface area contributed by atoms with Crippen LogP contribution in [0.1, 0.15) is 18.4 Å². The molecule has 1 N–H and O–H groups in total. The van der Waals surface area contributed by atoms with E-state index < -0.39 is 41.1 Å². The normalized spacial score (nSPS) is 12.5. The van der Waals surface area contributed by atoms with Gasteiger partial charge < -0.3 is 5.32 Å². The molecule has 7 heteroatoms. The van der Waals surface area contributed by atoms with Gasteiger partial charge in [-0.15, -0.1) is 0 Å². The number of nitrogens with one attached hydrogen (secondary N) is 1. The molecule has 0 saturated heterocycles. The summed E-state index contributed by atoms with van der Waals surface area (Å²) >= 11 is 0. The van der Waals surface area contributed by atoms with Gasteiger partial charge in [0.25, 0.3) is 0 Å². The Kier molecular flexibility index (Phi) is 6.35. The maximum Gasteiger partial charge on any atom is 0.235 e. The molecule has 0 saturated carbocycles. The van der Waals surface area contributed by atoms with Crippen molar-refractivity contribution in [1.82, 2.24) is 0 Å². The number of nitrogens with zero attached hydrogens (tertiary/aromatic N) is 2. The number of nitriles is 2. The van der Waals surface area contributed by atoms with Crippen LogP contribution in [-0.4, -0.2) is 11.7 Å². The summed E-state index contributed by atoms with van der Waals surface area (Å²) in [6.45, 7) is 1.13. The van der Waals surface area contributed by atoms with Gasteiger partial charge in [0.1, 0.15) is 29.3 Å². The first-order chi connectivity index (χ1) is 12.9. The van der Waals surface area contributed by atoms with Gasteiger partial charge in [-0.3, -0.25) is 9.59 Å². The first-order valence-corrected chi connectivity index (χ1v) is 7.99. The molecule has 0 aliphatic rings. The number of carbonyl (C=O) groups is 2.